The van der Waals surface area contributed by atoms with Gasteiger partial charge in [-0.2, -0.15) is 0 Å². The SMILES string of the molecule is CC(=O)c1cnc(NC(=O)[C@@]23CCCC[C@H]2CNC3)s1.Cl. The number of nitrogens with one attached hydrogen (secondary N) is 2. The first kappa shape index (κ1) is 16.4. The van der Waals surface area contributed by atoms with Crippen LogP contribution in [-0.2, 0) is 4.79 Å². The van der Waals surface area contributed by atoms with Gasteiger partial charge in [-0.05, 0) is 25.3 Å². The molecule has 1 aromatic rings. The number of ketones is 1. The molecule has 0 unspecified atom stereocenters. The molecule has 1 aliphatic heterocycles. The van der Waals surface area contributed by atoms with Crippen LogP contribution in [0.3, 0.4) is 0 Å². The third-order valence-corrected chi connectivity index (χ3v) is 5.58. The van der Waals surface area contributed by atoms with E-state index in [4.69, 9.17) is 0 Å². The van der Waals surface area contributed by atoms with E-state index in [-0.39, 0.29) is 29.5 Å². The molecule has 0 spiro atoms. The molecular weight excluding hydrogens is 310 g/mol. The highest BCUT2D eigenvalue weighted by Crippen LogP contribution is 2.44. The second kappa shape index (κ2) is 6.42. The molecule has 0 radical (unpaired) electrons. The summed E-state index contributed by atoms with van der Waals surface area (Å²) in [5, 5.41) is 6.82. The Morgan fingerprint density at radius 1 is 1.48 bits per heavy atom. The maximum Gasteiger partial charge on any atom is 0.233 e. The molecule has 2 fully saturated rings. The van der Waals surface area contributed by atoms with E-state index >= 15 is 0 Å². The van der Waals surface area contributed by atoms with E-state index < -0.39 is 0 Å². The lowest BCUT2D eigenvalue weighted by Gasteiger charge is -2.36. The van der Waals surface area contributed by atoms with Gasteiger partial charge in [0.1, 0.15) is 0 Å². The largest absolute Gasteiger partial charge is 0.315 e. The average Bonchev–Trinajstić information content (AvgIpc) is 3.04. The van der Waals surface area contributed by atoms with Crippen molar-refractivity contribution in [1.29, 1.82) is 0 Å². The number of hydrogen-bond donors (Lipinski definition) is 2. The standard InChI is InChI=1S/C14H19N3O2S.ClH/c1-9(18)11-7-16-13(20-11)17-12(19)14-5-3-2-4-10(14)6-15-8-14;/h7,10,15H,2-6,8H2,1H3,(H,16,17,19);1H/t10-,14+;/m0./s1. The zero-order valence-electron chi connectivity index (χ0n) is 12.0. The van der Waals surface area contributed by atoms with Crippen LogP contribution >= 0.6 is 23.7 Å². The zero-order chi connectivity index (χ0) is 14.2. The Hall–Kier alpha value is -0.980. The van der Waals surface area contributed by atoms with Crippen molar-refractivity contribution >= 4 is 40.6 Å². The first-order chi connectivity index (χ1) is 9.62. The van der Waals surface area contributed by atoms with Crippen molar-refractivity contribution in [1.82, 2.24) is 10.3 Å². The fourth-order valence-corrected chi connectivity index (χ4v) is 4.11. The predicted octanol–water partition coefficient (Wildman–Crippen LogP) is 2.49. The van der Waals surface area contributed by atoms with Gasteiger partial charge in [-0.15, -0.1) is 12.4 Å². The van der Waals surface area contributed by atoms with Crippen LogP contribution in [0, 0.1) is 11.3 Å². The quantitative estimate of drug-likeness (QED) is 0.836. The van der Waals surface area contributed by atoms with Gasteiger partial charge in [-0.3, -0.25) is 9.59 Å². The normalized spacial score (nSPS) is 27.6. The number of thiazole rings is 1. The molecular formula is C14H20ClN3O2S. The molecule has 1 aliphatic carbocycles. The van der Waals surface area contributed by atoms with Gasteiger partial charge in [0.25, 0.3) is 0 Å². The van der Waals surface area contributed by atoms with Crippen molar-refractivity contribution < 1.29 is 9.59 Å². The molecule has 1 aromatic heterocycles. The number of halogens is 1. The summed E-state index contributed by atoms with van der Waals surface area (Å²) in [5.41, 5.74) is -0.277. The number of aromatic nitrogens is 1. The van der Waals surface area contributed by atoms with Crippen LogP contribution in [0.1, 0.15) is 42.3 Å². The maximum atomic E-state index is 12.7. The molecule has 2 heterocycles. The highest BCUT2D eigenvalue weighted by Gasteiger charge is 2.49. The fraction of sp³-hybridized carbons (Fsp3) is 0.643. The number of Topliss-reactive ketones (excluding diaryl/α,β-unsaturated/α-hetero) is 1. The number of carbonyl (C=O) groups is 2. The zero-order valence-corrected chi connectivity index (χ0v) is 13.6. The van der Waals surface area contributed by atoms with Gasteiger partial charge in [0.15, 0.2) is 10.9 Å². The summed E-state index contributed by atoms with van der Waals surface area (Å²) >= 11 is 1.25. The number of amides is 1. The number of carbonyl (C=O) groups excluding carboxylic acids is 2. The summed E-state index contributed by atoms with van der Waals surface area (Å²) in [6.07, 6.45) is 5.93. The molecule has 116 valence electrons. The molecule has 21 heavy (non-hydrogen) atoms. The minimum atomic E-state index is -0.277. The van der Waals surface area contributed by atoms with Gasteiger partial charge < -0.3 is 10.6 Å². The number of anilines is 1. The summed E-state index contributed by atoms with van der Waals surface area (Å²) in [5.74, 6) is 0.486. The highest BCUT2D eigenvalue weighted by atomic mass is 35.5. The number of hydrogen-bond acceptors (Lipinski definition) is 5. The van der Waals surface area contributed by atoms with Crippen LogP contribution in [0.25, 0.3) is 0 Å². The van der Waals surface area contributed by atoms with E-state index in [0.29, 0.717) is 15.9 Å². The van der Waals surface area contributed by atoms with Crippen molar-refractivity contribution in [3.05, 3.63) is 11.1 Å². The smallest absolute Gasteiger partial charge is 0.233 e. The van der Waals surface area contributed by atoms with Crippen molar-refractivity contribution in [3.63, 3.8) is 0 Å². The van der Waals surface area contributed by atoms with Gasteiger partial charge in [-0.25, -0.2) is 4.98 Å². The van der Waals surface area contributed by atoms with Crippen molar-refractivity contribution in [2.45, 2.75) is 32.6 Å². The summed E-state index contributed by atoms with van der Waals surface area (Å²) < 4.78 is 0. The minimum Gasteiger partial charge on any atom is -0.315 e. The molecule has 0 bridgehead atoms. The molecule has 2 atom stereocenters. The number of nitrogens with zero attached hydrogens (tertiary/aromatic N) is 1. The molecule has 3 rings (SSSR count). The lowest BCUT2D eigenvalue weighted by molar-refractivity contribution is -0.128. The number of rotatable bonds is 3. The van der Waals surface area contributed by atoms with E-state index in [1.807, 2.05) is 0 Å². The minimum absolute atomic E-state index is 0. The van der Waals surface area contributed by atoms with Crippen molar-refractivity contribution in [2.24, 2.45) is 11.3 Å². The third-order valence-electron chi connectivity index (χ3n) is 4.56. The Kier molecular flexibility index (Phi) is 5.01. The lowest BCUT2D eigenvalue weighted by atomic mass is 9.68. The van der Waals surface area contributed by atoms with Gasteiger partial charge in [0.2, 0.25) is 5.91 Å². The van der Waals surface area contributed by atoms with Gasteiger partial charge in [-0.1, -0.05) is 24.2 Å². The van der Waals surface area contributed by atoms with Crippen LogP contribution < -0.4 is 10.6 Å². The second-order valence-corrected chi connectivity index (χ2v) is 6.80. The lowest BCUT2D eigenvalue weighted by Crippen LogP contribution is -2.44. The van der Waals surface area contributed by atoms with E-state index in [1.165, 1.54) is 30.9 Å². The van der Waals surface area contributed by atoms with Crippen LogP contribution in [0.5, 0.6) is 0 Å². The highest BCUT2D eigenvalue weighted by molar-refractivity contribution is 7.17. The summed E-state index contributed by atoms with van der Waals surface area (Å²) in [6, 6.07) is 0. The van der Waals surface area contributed by atoms with Crippen molar-refractivity contribution in [3.8, 4) is 0 Å². The van der Waals surface area contributed by atoms with E-state index in [2.05, 4.69) is 15.6 Å². The molecule has 2 N–H and O–H groups in total. The Balaban J connectivity index is 0.00000161. The Bertz CT molecular complexity index is 548. The van der Waals surface area contributed by atoms with Gasteiger partial charge >= 0.3 is 0 Å². The molecule has 0 aromatic carbocycles. The van der Waals surface area contributed by atoms with Crippen molar-refractivity contribution in [2.75, 3.05) is 18.4 Å². The predicted molar refractivity (Wildman–Crippen MR) is 85.3 cm³/mol. The Labute approximate surface area is 134 Å². The van der Waals surface area contributed by atoms with E-state index in [1.54, 1.807) is 0 Å². The first-order valence-corrected chi connectivity index (χ1v) is 7.92. The summed E-state index contributed by atoms with van der Waals surface area (Å²) in [6.45, 7) is 3.20. The molecule has 5 nitrogen and oxygen atoms in total. The summed E-state index contributed by atoms with van der Waals surface area (Å²) in [7, 11) is 0. The molecule has 1 saturated carbocycles. The molecule has 2 aliphatic rings. The first-order valence-electron chi connectivity index (χ1n) is 7.11. The fourth-order valence-electron chi connectivity index (χ4n) is 3.41. The van der Waals surface area contributed by atoms with Gasteiger partial charge in [0.05, 0.1) is 16.5 Å². The van der Waals surface area contributed by atoms with Crippen LogP contribution in [0.2, 0.25) is 0 Å². The van der Waals surface area contributed by atoms with E-state index in [0.717, 1.165) is 32.4 Å². The van der Waals surface area contributed by atoms with Crippen LogP contribution in [0.4, 0.5) is 5.13 Å². The topological polar surface area (TPSA) is 71.1 Å². The van der Waals surface area contributed by atoms with Crippen LogP contribution in [0.15, 0.2) is 6.20 Å². The van der Waals surface area contributed by atoms with Crippen LogP contribution in [-0.4, -0.2) is 29.8 Å². The van der Waals surface area contributed by atoms with E-state index in [9.17, 15) is 9.59 Å². The Morgan fingerprint density at radius 2 is 2.29 bits per heavy atom. The molecule has 1 saturated heterocycles. The molecule has 7 heteroatoms. The third kappa shape index (κ3) is 2.98. The Morgan fingerprint density at radius 3 is 3.00 bits per heavy atom. The second-order valence-electron chi connectivity index (χ2n) is 5.77. The summed E-state index contributed by atoms with van der Waals surface area (Å²) in [4.78, 5) is 28.7. The number of fused-ring (bicyclic) bond motifs is 1. The monoisotopic (exact) mass is 329 g/mol. The molecule has 1 amide bonds. The van der Waals surface area contributed by atoms with Gasteiger partial charge in [0, 0.05) is 13.5 Å². The average molecular weight is 330 g/mol. The maximum absolute atomic E-state index is 12.7.